The predicted molar refractivity (Wildman–Crippen MR) is 90.3 cm³/mol. The van der Waals surface area contributed by atoms with Crippen molar-refractivity contribution in [2.45, 2.75) is 25.7 Å². The molecule has 0 aliphatic heterocycles. The minimum absolute atomic E-state index is 0. The number of nitrogens with zero attached hydrogens (tertiary/aromatic N) is 1. The highest BCUT2D eigenvalue weighted by molar-refractivity contribution is 5.97. The first-order valence-corrected chi connectivity index (χ1v) is 7.32. The maximum absolute atomic E-state index is 12.4. The lowest BCUT2D eigenvalue weighted by molar-refractivity contribution is -0.124. The summed E-state index contributed by atoms with van der Waals surface area (Å²) in [6, 6.07) is 6.96. The van der Waals surface area contributed by atoms with Crippen LogP contribution in [0.15, 0.2) is 24.3 Å². The summed E-state index contributed by atoms with van der Waals surface area (Å²) in [7, 11) is 3.42. The Hall–Kier alpha value is -1.59. The van der Waals surface area contributed by atoms with Gasteiger partial charge >= 0.3 is 0 Å². The van der Waals surface area contributed by atoms with Crippen LogP contribution in [0.3, 0.4) is 0 Å². The molecule has 3 N–H and O–H groups in total. The van der Waals surface area contributed by atoms with Crippen LogP contribution < -0.4 is 11.1 Å². The van der Waals surface area contributed by atoms with Gasteiger partial charge in [-0.2, -0.15) is 0 Å². The van der Waals surface area contributed by atoms with E-state index in [-0.39, 0.29) is 24.2 Å². The van der Waals surface area contributed by atoms with Gasteiger partial charge in [-0.1, -0.05) is 12.8 Å². The summed E-state index contributed by atoms with van der Waals surface area (Å²) in [5, 5.41) is 2.93. The lowest BCUT2D eigenvalue weighted by Crippen LogP contribution is -2.40. The smallest absolute Gasteiger partial charge is 0.253 e. The highest BCUT2D eigenvalue weighted by Gasteiger charge is 2.39. The molecule has 0 aromatic heterocycles. The van der Waals surface area contributed by atoms with Crippen LogP contribution in [0.4, 0.5) is 5.69 Å². The number of benzene rings is 1. The van der Waals surface area contributed by atoms with E-state index in [0.717, 1.165) is 25.7 Å². The first-order chi connectivity index (χ1) is 9.98. The first-order valence-electron chi connectivity index (χ1n) is 7.32. The number of amides is 2. The number of carbonyl (C=O) groups excluding carboxylic acids is 2. The van der Waals surface area contributed by atoms with Crippen molar-refractivity contribution in [1.82, 2.24) is 4.90 Å². The van der Waals surface area contributed by atoms with Crippen LogP contribution in [0.25, 0.3) is 0 Å². The third-order valence-electron chi connectivity index (χ3n) is 4.23. The Bertz CT molecular complexity index is 523. The number of hydrogen-bond donors (Lipinski definition) is 2. The Morgan fingerprint density at radius 1 is 1.18 bits per heavy atom. The van der Waals surface area contributed by atoms with Gasteiger partial charge in [0.25, 0.3) is 5.91 Å². The van der Waals surface area contributed by atoms with Gasteiger partial charge in [-0.3, -0.25) is 9.59 Å². The minimum Gasteiger partial charge on any atom is -0.345 e. The molecule has 1 aromatic rings. The molecule has 0 heterocycles. The van der Waals surface area contributed by atoms with E-state index in [0.29, 0.717) is 17.8 Å². The van der Waals surface area contributed by atoms with E-state index in [2.05, 4.69) is 5.32 Å². The van der Waals surface area contributed by atoms with E-state index in [9.17, 15) is 9.59 Å². The Balaban J connectivity index is 0.00000242. The molecular weight excluding hydrogens is 302 g/mol. The van der Waals surface area contributed by atoms with Crippen LogP contribution >= 0.6 is 12.4 Å². The van der Waals surface area contributed by atoms with Crippen molar-refractivity contribution in [1.29, 1.82) is 0 Å². The SMILES string of the molecule is CN(C)C(=O)c1ccc(NC(=O)C2(CN)CCCC2)cc1.Cl. The van der Waals surface area contributed by atoms with Gasteiger partial charge in [-0.15, -0.1) is 12.4 Å². The molecule has 6 heteroatoms. The van der Waals surface area contributed by atoms with Crippen molar-refractivity contribution in [3.63, 3.8) is 0 Å². The Labute approximate surface area is 137 Å². The molecule has 5 nitrogen and oxygen atoms in total. The van der Waals surface area contributed by atoms with E-state index >= 15 is 0 Å². The first kappa shape index (κ1) is 18.5. The van der Waals surface area contributed by atoms with Crippen LogP contribution in [0.5, 0.6) is 0 Å². The predicted octanol–water partition coefficient (Wildman–Crippen LogP) is 2.27. The third kappa shape index (κ3) is 3.78. The van der Waals surface area contributed by atoms with E-state index in [1.807, 2.05) is 0 Å². The van der Waals surface area contributed by atoms with Crippen LogP contribution in [-0.2, 0) is 4.79 Å². The standard InChI is InChI=1S/C16H23N3O2.ClH/c1-19(2)14(20)12-5-7-13(8-6-12)18-15(21)16(11-17)9-3-4-10-16;/h5-8H,3-4,9-11,17H2,1-2H3,(H,18,21);1H. The molecule has 1 fully saturated rings. The second kappa shape index (κ2) is 7.61. The van der Waals surface area contributed by atoms with Crippen molar-refractivity contribution in [3.8, 4) is 0 Å². The number of nitrogens with one attached hydrogen (secondary N) is 1. The number of nitrogens with two attached hydrogens (primary N) is 1. The molecule has 1 aliphatic rings. The Kier molecular flexibility index (Phi) is 6.38. The molecule has 1 aromatic carbocycles. The summed E-state index contributed by atoms with van der Waals surface area (Å²) in [6.07, 6.45) is 3.82. The molecule has 0 spiro atoms. The largest absolute Gasteiger partial charge is 0.345 e. The van der Waals surface area contributed by atoms with Gasteiger partial charge in [-0.05, 0) is 37.1 Å². The average molecular weight is 326 g/mol. The Morgan fingerprint density at radius 3 is 2.18 bits per heavy atom. The van der Waals surface area contributed by atoms with Crippen LogP contribution in [0.2, 0.25) is 0 Å². The number of anilines is 1. The monoisotopic (exact) mass is 325 g/mol. The fourth-order valence-corrected chi connectivity index (χ4v) is 2.79. The second-order valence-electron chi connectivity index (χ2n) is 5.92. The van der Waals surface area contributed by atoms with E-state index in [1.165, 1.54) is 4.90 Å². The topological polar surface area (TPSA) is 75.4 Å². The molecule has 2 rings (SSSR count). The molecule has 0 atom stereocenters. The van der Waals surface area contributed by atoms with E-state index in [4.69, 9.17) is 5.73 Å². The maximum Gasteiger partial charge on any atom is 0.253 e. The maximum atomic E-state index is 12.4. The number of hydrogen-bond acceptors (Lipinski definition) is 3. The molecular formula is C16H24ClN3O2. The second-order valence-corrected chi connectivity index (χ2v) is 5.92. The molecule has 2 amide bonds. The van der Waals surface area contributed by atoms with Crippen molar-refractivity contribution in [3.05, 3.63) is 29.8 Å². The molecule has 122 valence electrons. The van der Waals surface area contributed by atoms with Crippen LogP contribution in [0.1, 0.15) is 36.0 Å². The highest BCUT2D eigenvalue weighted by atomic mass is 35.5. The lowest BCUT2D eigenvalue weighted by Gasteiger charge is -2.25. The fourth-order valence-electron chi connectivity index (χ4n) is 2.79. The molecule has 0 radical (unpaired) electrons. The summed E-state index contributed by atoms with van der Waals surface area (Å²) in [5.74, 6) is -0.0590. The van der Waals surface area contributed by atoms with Gasteiger partial charge in [-0.25, -0.2) is 0 Å². The van der Waals surface area contributed by atoms with Gasteiger partial charge in [0, 0.05) is 31.9 Å². The average Bonchev–Trinajstić information content (AvgIpc) is 2.97. The van der Waals surface area contributed by atoms with E-state index in [1.54, 1.807) is 38.4 Å². The van der Waals surface area contributed by atoms with Gasteiger partial charge < -0.3 is 16.0 Å². The quantitative estimate of drug-likeness (QED) is 0.891. The summed E-state index contributed by atoms with van der Waals surface area (Å²) < 4.78 is 0. The summed E-state index contributed by atoms with van der Waals surface area (Å²) in [6.45, 7) is 0.385. The number of rotatable bonds is 4. The fraction of sp³-hybridized carbons (Fsp3) is 0.500. The zero-order valence-electron chi connectivity index (χ0n) is 13.1. The van der Waals surface area contributed by atoms with Crippen molar-refractivity contribution >= 4 is 29.9 Å². The van der Waals surface area contributed by atoms with Crippen LogP contribution in [-0.4, -0.2) is 37.4 Å². The van der Waals surface area contributed by atoms with Crippen LogP contribution in [0, 0.1) is 5.41 Å². The van der Waals surface area contributed by atoms with Gasteiger partial charge in [0.1, 0.15) is 0 Å². The number of halogens is 1. The lowest BCUT2D eigenvalue weighted by atomic mass is 9.85. The molecule has 1 aliphatic carbocycles. The van der Waals surface area contributed by atoms with Crippen molar-refractivity contribution < 1.29 is 9.59 Å². The molecule has 22 heavy (non-hydrogen) atoms. The number of carbonyl (C=O) groups is 2. The minimum atomic E-state index is -0.419. The highest BCUT2D eigenvalue weighted by Crippen LogP contribution is 2.38. The summed E-state index contributed by atoms with van der Waals surface area (Å²) in [4.78, 5) is 25.8. The van der Waals surface area contributed by atoms with Gasteiger partial charge in [0.05, 0.1) is 5.41 Å². The molecule has 0 unspecified atom stereocenters. The molecule has 0 bridgehead atoms. The zero-order valence-corrected chi connectivity index (χ0v) is 13.9. The third-order valence-corrected chi connectivity index (χ3v) is 4.23. The summed E-state index contributed by atoms with van der Waals surface area (Å²) in [5.41, 5.74) is 6.70. The van der Waals surface area contributed by atoms with E-state index < -0.39 is 5.41 Å². The zero-order chi connectivity index (χ0) is 15.5. The van der Waals surface area contributed by atoms with Crippen molar-refractivity contribution in [2.24, 2.45) is 11.1 Å². The van der Waals surface area contributed by atoms with Gasteiger partial charge in [0.15, 0.2) is 0 Å². The Morgan fingerprint density at radius 2 is 1.73 bits per heavy atom. The summed E-state index contributed by atoms with van der Waals surface area (Å²) >= 11 is 0. The normalized spacial score (nSPS) is 15.8. The van der Waals surface area contributed by atoms with Gasteiger partial charge in [0.2, 0.25) is 5.91 Å². The molecule has 1 saturated carbocycles. The molecule has 0 saturated heterocycles. The van der Waals surface area contributed by atoms with Crippen molar-refractivity contribution in [2.75, 3.05) is 26.0 Å².